The molecule has 78 valence electrons. The zero-order valence-electron chi connectivity index (χ0n) is 7.80. The van der Waals surface area contributed by atoms with E-state index >= 15 is 0 Å². The average molecular weight is 221 g/mol. The Hall–Kier alpha value is -0.710. The van der Waals surface area contributed by atoms with Crippen LogP contribution in [0.4, 0.5) is 13.2 Å². The van der Waals surface area contributed by atoms with Gasteiger partial charge in [-0.25, -0.2) is 0 Å². The molecule has 0 amide bonds. The maximum absolute atomic E-state index is 12.1. The molecule has 0 aliphatic rings. The van der Waals surface area contributed by atoms with Crippen LogP contribution in [0.1, 0.15) is 23.4 Å². The highest BCUT2D eigenvalue weighted by Crippen LogP contribution is 2.30. The standard InChI is InChI=1S/C9H10F3NS/c1-6(14-2)7-3-4-8(13-5-7)9(10,11)12/h3-6H,1-2H3/t6-/m1/s1. The monoisotopic (exact) mass is 221 g/mol. The predicted molar refractivity (Wildman–Crippen MR) is 51.2 cm³/mol. The number of hydrogen-bond acceptors (Lipinski definition) is 2. The van der Waals surface area contributed by atoms with Crippen molar-refractivity contribution in [3.8, 4) is 0 Å². The van der Waals surface area contributed by atoms with Gasteiger partial charge in [0.05, 0.1) is 0 Å². The molecule has 0 saturated heterocycles. The van der Waals surface area contributed by atoms with Crippen LogP contribution >= 0.6 is 11.8 Å². The van der Waals surface area contributed by atoms with Crippen LogP contribution in [0.25, 0.3) is 0 Å². The lowest BCUT2D eigenvalue weighted by atomic mass is 10.2. The highest BCUT2D eigenvalue weighted by Gasteiger charge is 2.32. The average Bonchev–Trinajstić information content (AvgIpc) is 2.15. The fraction of sp³-hybridized carbons (Fsp3) is 0.444. The van der Waals surface area contributed by atoms with Crippen molar-refractivity contribution in [2.75, 3.05) is 6.26 Å². The number of pyridine rings is 1. The van der Waals surface area contributed by atoms with Crippen molar-refractivity contribution in [2.24, 2.45) is 0 Å². The van der Waals surface area contributed by atoms with Gasteiger partial charge < -0.3 is 0 Å². The Bertz CT molecular complexity index is 294. The van der Waals surface area contributed by atoms with E-state index < -0.39 is 11.9 Å². The number of aromatic nitrogens is 1. The van der Waals surface area contributed by atoms with Gasteiger partial charge in [-0.15, -0.1) is 0 Å². The first-order valence-electron chi connectivity index (χ1n) is 4.01. The van der Waals surface area contributed by atoms with Crippen LogP contribution in [-0.2, 0) is 6.18 Å². The number of hydrogen-bond donors (Lipinski definition) is 0. The molecule has 0 N–H and O–H groups in total. The Morgan fingerprint density at radius 2 is 2.00 bits per heavy atom. The van der Waals surface area contributed by atoms with Gasteiger partial charge in [-0.1, -0.05) is 6.07 Å². The van der Waals surface area contributed by atoms with Gasteiger partial charge in [-0.2, -0.15) is 24.9 Å². The molecule has 0 aliphatic heterocycles. The van der Waals surface area contributed by atoms with E-state index in [0.29, 0.717) is 0 Å². The van der Waals surface area contributed by atoms with Crippen molar-refractivity contribution in [3.63, 3.8) is 0 Å². The number of alkyl halides is 3. The van der Waals surface area contributed by atoms with Crippen LogP contribution in [0.5, 0.6) is 0 Å². The maximum Gasteiger partial charge on any atom is 0.433 e. The molecular formula is C9H10F3NS. The summed E-state index contributed by atoms with van der Waals surface area (Å²) in [4.78, 5) is 3.38. The van der Waals surface area contributed by atoms with E-state index in [1.54, 1.807) is 11.8 Å². The lowest BCUT2D eigenvalue weighted by Gasteiger charge is -2.09. The zero-order valence-corrected chi connectivity index (χ0v) is 8.62. The van der Waals surface area contributed by atoms with E-state index in [1.807, 2.05) is 13.2 Å². The van der Waals surface area contributed by atoms with E-state index in [0.717, 1.165) is 11.6 Å². The molecule has 0 spiro atoms. The lowest BCUT2D eigenvalue weighted by molar-refractivity contribution is -0.141. The largest absolute Gasteiger partial charge is 0.433 e. The second-order valence-corrected chi connectivity index (χ2v) is 4.03. The molecule has 1 aromatic heterocycles. The van der Waals surface area contributed by atoms with Gasteiger partial charge in [-0.05, 0) is 24.8 Å². The van der Waals surface area contributed by atoms with Crippen LogP contribution in [0.3, 0.4) is 0 Å². The first-order chi connectivity index (χ1) is 6.45. The smallest absolute Gasteiger partial charge is 0.251 e. The van der Waals surface area contributed by atoms with Crippen molar-refractivity contribution in [2.45, 2.75) is 18.3 Å². The lowest BCUT2D eigenvalue weighted by Crippen LogP contribution is -2.07. The molecule has 5 heteroatoms. The van der Waals surface area contributed by atoms with Gasteiger partial charge in [0.25, 0.3) is 0 Å². The molecule has 1 aromatic rings. The Balaban J connectivity index is 2.89. The molecule has 1 atom stereocenters. The molecule has 0 fully saturated rings. The molecule has 0 radical (unpaired) electrons. The second-order valence-electron chi connectivity index (χ2n) is 2.85. The Morgan fingerprint density at radius 1 is 1.36 bits per heavy atom. The zero-order chi connectivity index (χ0) is 10.8. The summed E-state index contributed by atoms with van der Waals surface area (Å²) in [7, 11) is 0. The summed E-state index contributed by atoms with van der Waals surface area (Å²) in [5.74, 6) is 0. The molecule has 0 aromatic carbocycles. The summed E-state index contributed by atoms with van der Waals surface area (Å²) >= 11 is 1.57. The van der Waals surface area contributed by atoms with E-state index in [1.165, 1.54) is 12.3 Å². The van der Waals surface area contributed by atoms with Crippen LogP contribution in [0.2, 0.25) is 0 Å². The molecule has 0 unspecified atom stereocenters. The quantitative estimate of drug-likeness (QED) is 0.757. The summed E-state index contributed by atoms with van der Waals surface area (Å²) in [5.41, 5.74) is -0.0277. The Labute approximate surface area is 84.7 Å². The van der Waals surface area contributed by atoms with Gasteiger partial charge in [0.15, 0.2) is 0 Å². The van der Waals surface area contributed by atoms with E-state index in [4.69, 9.17) is 0 Å². The molecular weight excluding hydrogens is 211 g/mol. The van der Waals surface area contributed by atoms with Crippen molar-refractivity contribution >= 4 is 11.8 Å². The van der Waals surface area contributed by atoms with E-state index in [2.05, 4.69) is 4.98 Å². The van der Waals surface area contributed by atoms with Gasteiger partial charge >= 0.3 is 6.18 Å². The highest BCUT2D eigenvalue weighted by atomic mass is 32.2. The molecule has 0 saturated carbocycles. The topological polar surface area (TPSA) is 12.9 Å². The molecule has 0 aliphatic carbocycles. The maximum atomic E-state index is 12.1. The number of thioether (sulfide) groups is 1. The van der Waals surface area contributed by atoms with Crippen LogP contribution in [0.15, 0.2) is 18.3 Å². The number of rotatable bonds is 2. The fourth-order valence-electron chi connectivity index (χ4n) is 0.950. The first kappa shape index (κ1) is 11.4. The Morgan fingerprint density at radius 3 is 2.36 bits per heavy atom. The third-order valence-corrected chi connectivity index (χ3v) is 2.88. The van der Waals surface area contributed by atoms with Crippen molar-refractivity contribution in [3.05, 3.63) is 29.6 Å². The summed E-state index contributed by atoms with van der Waals surface area (Å²) < 4.78 is 36.4. The van der Waals surface area contributed by atoms with Crippen LogP contribution in [0, 0.1) is 0 Å². The molecule has 1 rings (SSSR count). The number of nitrogens with zero attached hydrogens (tertiary/aromatic N) is 1. The van der Waals surface area contributed by atoms with Crippen molar-refractivity contribution < 1.29 is 13.2 Å². The summed E-state index contributed by atoms with van der Waals surface area (Å²) in [6.45, 7) is 1.93. The summed E-state index contributed by atoms with van der Waals surface area (Å²) in [6, 6.07) is 2.49. The van der Waals surface area contributed by atoms with Crippen molar-refractivity contribution in [1.29, 1.82) is 0 Å². The number of halogens is 3. The third kappa shape index (κ3) is 2.64. The van der Waals surface area contributed by atoms with E-state index in [9.17, 15) is 13.2 Å². The summed E-state index contributed by atoms with van der Waals surface area (Å²) in [6.07, 6.45) is -1.16. The highest BCUT2D eigenvalue weighted by molar-refractivity contribution is 7.98. The fourth-order valence-corrected chi connectivity index (χ4v) is 1.36. The van der Waals surface area contributed by atoms with Gasteiger partial charge in [0.1, 0.15) is 5.69 Å². The normalized spacial score (nSPS) is 14.1. The van der Waals surface area contributed by atoms with Gasteiger partial charge in [0, 0.05) is 11.4 Å². The third-order valence-electron chi connectivity index (χ3n) is 1.90. The van der Waals surface area contributed by atoms with E-state index in [-0.39, 0.29) is 5.25 Å². The van der Waals surface area contributed by atoms with Crippen molar-refractivity contribution in [1.82, 2.24) is 4.98 Å². The summed E-state index contributed by atoms with van der Waals surface area (Å²) in [5, 5.41) is 0.171. The minimum absolute atomic E-state index is 0.171. The molecule has 1 heterocycles. The van der Waals surface area contributed by atoms with Gasteiger partial charge in [0.2, 0.25) is 0 Å². The Kier molecular flexibility index (Phi) is 3.42. The molecule has 1 nitrogen and oxygen atoms in total. The molecule has 14 heavy (non-hydrogen) atoms. The second kappa shape index (κ2) is 4.21. The minimum atomic E-state index is -4.35. The molecule has 0 bridgehead atoms. The SMILES string of the molecule is CS[C@H](C)c1ccc(C(F)(F)F)nc1. The first-order valence-corrected chi connectivity index (χ1v) is 5.30. The van der Waals surface area contributed by atoms with Crippen LogP contribution in [-0.4, -0.2) is 11.2 Å². The van der Waals surface area contributed by atoms with Gasteiger partial charge in [-0.3, -0.25) is 4.98 Å². The minimum Gasteiger partial charge on any atom is -0.251 e. The van der Waals surface area contributed by atoms with Crippen LogP contribution < -0.4 is 0 Å². The predicted octanol–water partition coefficient (Wildman–Crippen LogP) is 3.52.